The molecule has 0 bridgehead atoms. The van der Waals surface area contributed by atoms with Crippen molar-refractivity contribution in [1.29, 1.82) is 0 Å². The Morgan fingerprint density at radius 3 is 2.92 bits per heavy atom. The number of nitrogens with zero attached hydrogens (tertiary/aromatic N) is 3. The molecule has 0 saturated carbocycles. The highest BCUT2D eigenvalue weighted by Gasteiger charge is 2.01. The predicted octanol–water partition coefficient (Wildman–Crippen LogP) is 0.0709. The van der Waals surface area contributed by atoms with Crippen LogP contribution in [0.1, 0.15) is 5.82 Å². The van der Waals surface area contributed by atoms with Crippen LogP contribution >= 0.6 is 0 Å². The zero-order valence-corrected chi connectivity index (χ0v) is 7.36. The number of hydrogen-bond donors (Lipinski definition) is 0. The highest BCUT2D eigenvalue weighted by atomic mass is 16.5. The number of rotatable bonds is 5. The molecule has 0 aliphatic heterocycles. The first kappa shape index (κ1) is 9.15. The van der Waals surface area contributed by atoms with Gasteiger partial charge in [0.15, 0.2) is 5.82 Å². The maximum atomic E-state index is 4.94. The van der Waals surface area contributed by atoms with Gasteiger partial charge < -0.3 is 14.0 Å². The predicted molar refractivity (Wildman–Crippen MR) is 42.6 cm³/mol. The molecule has 1 heterocycles. The van der Waals surface area contributed by atoms with Crippen LogP contribution in [0.3, 0.4) is 0 Å². The van der Waals surface area contributed by atoms with Gasteiger partial charge in [-0.2, -0.15) is 0 Å². The second kappa shape index (κ2) is 4.84. The Balaban J connectivity index is 2.51. The Labute approximate surface area is 71.3 Å². The van der Waals surface area contributed by atoms with Crippen molar-refractivity contribution in [3.63, 3.8) is 0 Å². The zero-order chi connectivity index (χ0) is 8.81. The average molecular weight is 171 g/mol. The SMILES string of the molecule is COCCn1cnnc1COC. The highest BCUT2D eigenvalue weighted by Crippen LogP contribution is 1.96. The summed E-state index contributed by atoms with van der Waals surface area (Å²) >= 11 is 0. The van der Waals surface area contributed by atoms with Gasteiger partial charge in [0.05, 0.1) is 6.61 Å². The molecule has 0 spiro atoms. The first-order valence-electron chi connectivity index (χ1n) is 3.73. The van der Waals surface area contributed by atoms with Crippen LogP contribution in [-0.2, 0) is 22.6 Å². The van der Waals surface area contributed by atoms with Crippen molar-refractivity contribution in [2.75, 3.05) is 20.8 Å². The number of methoxy groups -OCH3 is 2. The van der Waals surface area contributed by atoms with Gasteiger partial charge in [0.2, 0.25) is 0 Å². The van der Waals surface area contributed by atoms with Gasteiger partial charge in [-0.05, 0) is 0 Å². The van der Waals surface area contributed by atoms with Gasteiger partial charge in [-0.1, -0.05) is 0 Å². The summed E-state index contributed by atoms with van der Waals surface area (Å²) in [6.07, 6.45) is 1.67. The molecule has 68 valence electrons. The summed E-state index contributed by atoms with van der Waals surface area (Å²) < 4.78 is 11.8. The van der Waals surface area contributed by atoms with E-state index in [1.54, 1.807) is 20.5 Å². The lowest BCUT2D eigenvalue weighted by molar-refractivity contribution is 0.163. The van der Waals surface area contributed by atoms with Crippen LogP contribution in [0.25, 0.3) is 0 Å². The van der Waals surface area contributed by atoms with E-state index in [4.69, 9.17) is 9.47 Å². The molecule has 0 aliphatic rings. The van der Waals surface area contributed by atoms with Gasteiger partial charge in [-0.3, -0.25) is 0 Å². The average Bonchev–Trinajstić information content (AvgIpc) is 2.50. The van der Waals surface area contributed by atoms with E-state index < -0.39 is 0 Å². The highest BCUT2D eigenvalue weighted by molar-refractivity contribution is 4.82. The quantitative estimate of drug-likeness (QED) is 0.629. The third-order valence-corrected chi connectivity index (χ3v) is 1.51. The van der Waals surface area contributed by atoms with Crippen LogP contribution in [0.5, 0.6) is 0 Å². The minimum atomic E-state index is 0.490. The standard InChI is InChI=1S/C7H13N3O2/c1-11-4-3-10-6-8-9-7(10)5-12-2/h6H,3-5H2,1-2H3. The van der Waals surface area contributed by atoms with Crippen molar-refractivity contribution in [1.82, 2.24) is 14.8 Å². The summed E-state index contributed by atoms with van der Waals surface area (Å²) in [6, 6.07) is 0. The maximum Gasteiger partial charge on any atom is 0.158 e. The van der Waals surface area contributed by atoms with Crippen molar-refractivity contribution < 1.29 is 9.47 Å². The molecule has 5 nitrogen and oxygen atoms in total. The second-order valence-corrected chi connectivity index (χ2v) is 2.37. The van der Waals surface area contributed by atoms with Crippen LogP contribution in [0.2, 0.25) is 0 Å². The van der Waals surface area contributed by atoms with Crippen LogP contribution in [0, 0.1) is 0 Å². The van der Waals surface area contributed by atoms with Crippen molar-refractivity contribution in [3.8, 4) is 0 Å². The van der Waals surface area contributed by atoms with E-state index in [1.165, 1.54) is 0 Å². The fourth-order valence-electron chi connectivity index (χ4n) is 0.896. The molecule has 0 radical (unpaired) electrons. The topological polar surface area (TPSA) is 49.2 Å². The summed E-state index contributed by atoms with van der Waals surface area (Å²) in [5.74, 6) is 0.828. The molecule has 0 saturated heterocycles. The van der Waals surface area contributed by atoms with Gasteiger partial charge in [-0.25, -0.2) is 0 Å². The molecule has 1 aromatic heterocycles. The minimum absolute atomic E-state index is 0.490. The smallest absolute Gasteiger partial charge is 0.158 e. The van der Waals surface area contributed by atoms with E-state index in [-0.39, 0.29) is 0 Å². The van der Waals surface area contributed by atoms with E-state index in [0.29, 0.717) is 13.2 Å². The molecule has 5 heteroatoms. The van der Waals surface area contributed by atoms with E-state index in [2.05, 4.69) is 10.2 Å². The Morgan fingerprint density at radius 2 is 2.25 bits per heavy atom. The summed E-state index contributed by atoms with van der Waals surface area (Å²) in [5.41, 5.74) is 0. The van der Waals surface area contributed by atoms with Gasteiger partial charge in [-0.15, -0.1) is 10.2 Å². The van der Waals surface area contributed by atoms with E-state index in [1.807, 2.05) is 4.57 Å². The largest absolute Gasteiger partial charge is 0.383 e. The fourth-order valence-corrected chi connectivity index (χ4v) is 0.896. The summed E-state index contributed by atoms with van der Waals surface area (Å²) in [7, 11) is 3.30. The second-order valence-electron chi connectivity index (χ2n) is 2.37. The van der Waals surface area contributed by atoms with E-state index in [9.17, 15) is 0 Å². The first-order chi connectivity index (χ1) is 5.88. The van der Waals surface area contributed by atoms with Crippen molar-refractivity contribution in [2.45, 2.75) is 13.2 Å². The van der Waals surface area contributed by atoms with Gasteiger partial charge in [0, 0.05) is 20.8 Å². The lowest BCUT2D eigenvalue weighted by atomic mass is 10.6. The number of ether oxygens (including phenoxy) is 2. The summed E-state index contributed by atoms with van der Waals surface area (Å²) in [6.45, 7) is 1.92. The Morgan fingerprint density at radius 1 is 1.42 bits per heavy atom. The van der Waals surface area contributed by atoms with Crippen LogP contribution in [0.15, 0.2) is 6.33 Å². The molecule has 12 heavy (non-hydrogen) atoms. The van der Waals surface area contributed by atoms with Gasteiger partial charge in [0.1, 0.15) is 12.9 Å². The van der Waals surface area contributed by atoms with Crippen molar-refractivity contribution >= 4 is 0 Å². The molecule has 0 N–H and O–H groups in total. The van der Waals surface area contributed by atoms with Crippen LogP contribution < -0.4 is 0 Å². The molecule has 0 unspecified atom stereocenters. The Kier molecular flexibility index (Phi) is 3.69. The first-order valence-corrected chi connectivity index (χ1v) is 3.73. The van der Waals surface area contributed by atoms with E-state index in [0.717, 1.165) is 12.4 Å². The summed E-state index contributed by atoms with van der Waals surface area (Å²) in [4.78, 5) is 0. The fraction of sp³-hybridized carbons (Fsp3) is 0.714. The Hall–Kier alpha value is -0.940. The Bertz CT molecular complexity index is 224. The molecular weight excluding hydrogens is 158 g/mol. The third kappa shape index (κ3) is 2.28. The lowest BCUT2D eigenvalue weighted by Crippen LogP contribution is -2.08. The molecule has 1 rings (SSSR count). The molecule has 0 amide bonds. The molecule has 0 atom stereocenters. The number of hydrogen-bond acceptors (Lipinski definition) is 4. The van der Waals surface area contributed by atoms with Gasteiger partial charge in [0.25, 0.3) is 0 Å². The third-order valence-electron chi connectivity index (χ3n) is 1.51. The normalized spacial score (nSPS) is 10.5. The summed E-state index contributed by atoms with van der Waals surface area (Å²) in [5, 5.41) is 7.66. The molecule has 0 fully saturated rings. The monoisotopic (exact) mass is 171 g/mol. The van der Waals surface area contributed by atoms with Crippen LogP contribution in [0.4, 0.5) is 0 Å². The maximum absolute atomic E-state index is 4.94. The van der Waals surface area contributed by atoms with Crippen molar-refractivity contribution in [3.05, 3.63) is 12.2 Å². The van der Waals surface area contributed by atoms with E-state index >= 15 is 0 Å². The number of aromatic nitrogens is 3. The molecular formula is C7H13N3O2. The zero-order valence-electron chi connectivity index (χ0n) is 7.36. The minimum Gasteiger partial charge on any atom is -0.383 e. The lowest BCUT2D eigenvalue weighted by Gasteiger charge is -2.03. The molecule has 0 aliphatic carbocycles. The van der Waals surface area contributed by atoms with Crippen LogP contribution in [-0.4, -0.2) is 35.6 Å². The molecule has 0 aromatic carbocycles. The molecule has 1 aromatic rings. The van der Waals surface area contributed by atoms with Gasteiger partial charge >= 0.3 is 0 Å². The van der Waals surface area contributed by atoms with Crippen molar-refractivity contribution in [2.24, 2.45) is 0 Å².